The van der Waals surface area contributed by atoms with Gasteiger partial charge in [-0.2, -0.15) is 5.26 Å². The first-order chi connectivity index (χ1) is 9.98. The first kappa shape index (κ1) is 15.5. The van der Waals surface area contributed by atoms with E-state index in [1.165, 1.54) is 0 Å². The Labute approximate surface area is 124 Å². The lowest BCUT2D eigenvalue weighted by atomic mass is 10.2. The second kappa shape index (κ2) is 6.70. The molecule has 1 aromatic rings. The van der Waals surface area contributed by atoms with Crippen molar-refractivity contribution < 1.29 is 13.2 Å². The number of hydrogen-bond donors (Lipinski definition) is 2. The van der Waals surface area contributed by atoms with Crippen molar-refractivity contribution in [3.63, 3.8) is 0 Å². The SMILES string of the molecule is N#Cc1cccc(NC(=O)CCNC2CCS(=O)(=O)C2)c1. The largest absolute Gasteiger partial charge is 0.326 e. The molecule has 0 bridgehead atoms. The normalized spacial score (nSPS) is 19.9. The third-order valence-corrected chi connectivity index (χ3v) is 5.06. The summed E-state index contributed by atoms with van der Waals surface area (Å²) in [5.74, 6) is 0.204. The van der Waals surface area contributed by atoms with E-state index in [-0.39, 0.29) is 29.9 Å². The van der Waals surface area contributed by atoms with Gasteiger partial charge in [-0.3, -0.25) is 4.79 Å². The molecule has 1 aromatic carbocycles. The second-order valence-corrected chi connectivity index (χ2v) is 7.27. The molecule has 1 unspecified atom stereocenters. The van der Waals surface area contributed by atoms with Gasteiger partial charge in [-0.15, -0.1) is 0 Å². The summed E-state index contributed by atoms with van der Waals surface area (Å²) in [4.78, 5) is 11.8. The molecule has 7 heteroatoms. The molecule has 0 spiro atoms. The summed E-state index contributed by atoms with van der Waals surface area (Å²) in [5.41, 5.74) is 1.07. The second-order valence-electron chi connectivity index (χ2n) is 5.04. The highest BCUT2D eigenvalue weighted by Crippen LogP contribution is 2.12. The maximum absolute atomic E-state index is 11.8. The molecule has 21 heavy (non-hydrogen) atoms. The van der Waals surface area contributed by atoms with E-state index in [0.29, 0.717) is 24.2 Å². The number of rotatable bonds is 5. The van der Waals surface area contributed by atoms with Crippen molar-refractivity contribution >= 4 is 21.4 Å². The third-order valence-electron chi connectivity index (χ3n) is 3.29. The number of nitriles is 1. The predicted molar refractivity (Wildman–Crippen MR) is 79.5 cm³/mol. The lowest BCUT2D eigenvalue weighted by molar-refractivity contribution is -0.116. The van der Waals surface area contributed by atoms with Crippen molar-refractivity contribution in [2.24, 2.45) is 0 Å². The third kappa shape index (κ3) is 4.85. The Morgan fingerprint density at radius 3 is 2.90 bits per heavy atom. The van der Waals surface area contributed by atoms with E-state index >= 15 is 0 Å². The van der Waals surface area contributed by atoms with E-state index in [2.05, 4.69) is 10.6 Å². The summed E-state index contributed by atoms with van der Waals surface area (Å²) in [7, 11) is -2.90. The molecule has 6 nitrogen and oxygen atoms in total. The summed E-state index contributed by atoms with van der Waals surface area (Å²) >= 11 is 0. The molecule has 2 rings (SSSR count). The molecule has 1 amide bonds. The maximum atomic E-state index is 11.8. The molecule has 0 aromatic heterocycles. The van der Waals surface area contributed by atoms with Crippen molar-refractivity contribution in [3.05, 3.63) is 29.8 Å². The number of amides is 1. The minimum absolute atomic E-state index is 0.0512. The van der Waals surface area contributed by atoms with E-state index < -0.39 is 9.84 Å². The lowest BCUT2D eigenvalue weighted by Crippen LogP contribution is -2.32. The molecule has 1 fully saturated rings. The van der Waals surface area contributed by atoms with Gasteiger partial charge in [0, 0.05) is 24.7 Å². The van der Waals surface area contributed by atoms with Crippen molar-refractivity contribution in [3.8, 4) is 6.07 Å². The number of sulfone groups is 1. The molecule has 1 saturated heterocycles. The Morgan fingerprint density at radius 1 is 1.43 bits per heavy atom. The zero-order valence-electron chi connectivity index (χ0n) is 11.5. The van der Waals surface area contributed by atoms with Crippen LogP contribution in [-0.4, -0.2) is 38.4 Å². The lowest BCUT2D eigenvalue weighted by Gasteiger charge is -2.10. The van der Waals surface area contributed by atoms with Gasteiger partial charge in [0.05, 0.1) is 23.1 Å². The van der Waals surface area contributed by atoms with Crippen LogP contribution in [0.25, 0.3) is 0 Å². The van der Waals surface area contributed by atoms with Crippen LogP contribution in [0.4, 0.5) is 5.69 Å². The van der Waals surface area contributed by atoms with Crippen LogP contribution in [0.2, 0.25) is 0 Å². The van der Waals surface area contributed by atoms with Crippen molar-refractivity contribution in [2.75, 3.05) is 23.4 Å². The Hall–Kier alpha value is -1.91. The summed E-state index contributed by atoms with van der Waals surface area (Å²) in [6.45, 7) is 0.434. The number of carbonyl (C=O) groups excluding carboxylic acids is 1. The average molecular weight is 307 g/mol. The number of hydrogen-bond acceptors (Lipinski definition) is 5. The van der Waals surface area contributed by atoms with Crippen LogP contribution in [0, 0.1) is 11.3 Å². The van der Waals surface area contributed by atoms with Gasteiger partial charge in [0.2, 0.25) is 5.91 Å². The van der Waals surface area contributed by atoms with Gasteiger partial charge in [0.15, 0.2) is 9.84 Å². The van der Waals surface area contributed by atoms with Crippen LogP contribution in [0.5, 0.6) is 0 Å². The Bertz CT molecular complexity index is 664. The fourth-order valence-electron chi connectivity index (χ4n) is 2.24. The standard InChI is InChI=1S/C14H17N3O3S/c15-9-11-2-1-3-12(8-11)17-14(18)4-6-16-13-5-7-21(19,20)10-13/h1-3,8,13,16H,4-7,10H2,(H,17,18). The van der Waals surface area contributed by atoms with Gasteiger partial charge in [-0.25, -0.2) is 8.42 Å². The quantitative estimate of drug-likeness (QED) is 0.832. The average Bonchev–Trinajstić information content (AvgIpc) is 2.78. The number of anilines is 1. The van der Waals surface area contributed by atoms with Crippen LogP contribution in [0.1, 0.15) is 18.4 Å². The fraction of sp³-hybridized carbons (Fsp3) is 0.429. The highest BCUT2D eigenvalue weighted by atomic mass is 32.2. The highest BCUT2D eigenvalue weighted by Gasteiger charge is 2.27. The van der Waals surface area contributed by atoms with Gasteiger partial charge in [0.25, 0.3) is 0 Å². The minimum Gasteiger partial charge on any atom is -0.326 e. The first-order valence-corrected chi connectivity index (χ1v) is 8.54. The van der Waals surface area contributed by atoms with E-state index in [1.807, 2.05) is 6.07 Å². The van der Waals surface area contributed by atoms with E-state index in [0.717, 1.165) is 0 Å². The van der Waals surface area contributed by atoms with Crippen molar-refractivity contribution in [1.29, 1.82) is 5.26 Å². The predicted octanol–water partition coefficient (Wildman–Crippen LogP) is 0.664. The van der Waals surface area contributed by atoms with E-state index in [4.69, 9.17) is 5.26 Å². The van der Waals surface area contributed by atoms with Gasteiger partial charge >= 0.3 is 0 Å². The maximum Gasteiger partial charge on any atom is 0.225 e. The molecule has 0 saturated carbocycles. The van der Waals surface area contributed by atoms with Crippen LogP contribution in [0.3, 0.4) is 0 Å². The summed E-state index contributed by atoms with van der Waals surface area (Å²) in [6, 6.07) is 8.65. The zero-order chi connectivity index (χ0) is 15.3. The number of nitrogens with zero attached hydrogens (tertiary/aromatic N) is 1. The number of carbonyl (C=O) groups is 1. The molecule has 0 radical (unpaired) electrons. The fourth-order valence-corrected chi connectivity index (χ4v) is 3.94. The van der Waals surface area contributed by atoms with E-state index in [1.54, 1.807) is 24.3 Å². The first-order valence-electron chi connectivity index (χ1n) is 6.72. The Morgan fingerprint density at radius 2 is 2.24 bits per heavy atom. The number of nitrogens with one attached hydrogen (secondary N) is 2. The summed E-state index contributed by atoms with van der Waals surface area (Å²) in [5, 5.41) is 14.6. The van der Waals surface area contributed by atoms with Crippen molar-refractivity contribution in [1.82, 2.24) is 5.32 Å². The van der Waals surface area contributed by atoms with Gasteiger partial charge in [0.1, 0.15) is 0 Å². The molecular weight excluding hydrogens is 290 g/mol. The molecular formula is C14H17N3O3S. The molecule has 2 N–H and O–H groups in total. The molecule has 1 aliphatic rings. The smallest absolute Gasteiger partial charge is 0.225 e. The summed E-state index contributed by atoms with van der Waals surface area (Å²) < 4.78 is 22.6. The molecule has 112 valence electrons. The molecule has 1 aliphatic heterocycles. The van der Waals surface area contributed by atoms with Crippen LogP contribution >= 0.6 is 0 Å². The molecule has 1 heterocycles. The number of benzene rings is 1. The van der Waals surface area contributed by atoms with Gasteiger partial charge in [-0.1, -0.05) is 6.07 Å². The molecule has 1 atom stereocenters. The zero-order valence-corrected chi connectivity index (χ0v) is 12.3. The Kier molecular flexibility index (Phi) is 4.94. The summed E-state index contributed by atoms with van der Waals surface area (Å²) in [6.07, 6.45) is 0.863. The monoisotopic (exact) mass is 307 g/mol. The van der Waals surface area contributed by atoms with E-state index in [9.17, 15) is 13.2 Å². The topological polar surface area (TPSA) is 99.1 Å². The van der Waals surface area contributed by atoms with Gasteiger partial charge in [-0.05, 0) is 24.6 Å². The van der Waals surface area contributed by atoms with Crippen LogP contribution in [0.15, 0.2) is 24.3 Å². The Balaban J connectivity index is 1.74. The van der Waals surface area contributed by atoms with Crippen LogP contribution in [-0.2, 0) is 14.6 Å². The van der Waals surface area contributed by atoms with Crippen molar-refractivity contribution in [2.45, 2.75) is 18.9 Å². The van der Waals surface area contributed by atoms with Gasteiger partial charge < -0.3 is 10.6 Å². The highest BCUT2D eigenvalue weighted by molar-refractivity contribution is 7.91. The minimum atomic E-state index is -2.90. The molecule has 0 aliphatic carbocycles. The van der Waals surface area contributed by atoms with Crippen LogP contribution < -0.4 is 10.6 Å².